The van der Waals surface area contributed by atoms with Crippen molar-refractivity contribution in [1.82, 2.24) is 14.9 Å². The number of rotatable bonds is 3. The number of hydrogen-bond acceptors (Lipinski definition) is 6. The minimum absolute atomic E-state index is 0.000532. The zero-order valence-corrected chi connectivity index (χ0v) is 15.9. The molecule has 0 bridgehead atoms. The van der Waals surface area contributed by atoms with E-state index in [1.807, 2.05) is 4.90 Å². The van der Waals surface area contributed by atoms with E-state index in [9.17, 15) is 15.0 Å². The number of phenolic OH excluding ortho intramolecular Hbond substituents is 1. The molecule has 2 N–H and O–H groups in total. The van der Waals surface area contributed by atoms with Crippen LogP contribution in [0.3, 0.4) is 0 Å². The number of carbonyl (C=O) groups is 1. The second-order valence-electron chi connectivity index (χ2n) is 6.69. The summed E-state index contributed by atoms with van der Waals surface area (Å²) in [6, 6.07) is 2.51. The van der Waals surface area contributed by atoms with E-state index in [4.69, 9.17) is 23.2 Å². The molecule has 2 saturated heterocycles. The third-order valence-corrected chi connectivity index (χ3v) is 6.00. The molecule has 3 heterocycles. The van der Waals surface area contributed by atoms with E-state index >= 15 is 0 Å². The lowest BCUT2D eigenvalue weighted by Crippen LogP contribution is -2.55. The Hall–Kier alpha value is -2.09. The van der Waals surface area contributed by atoms with Crippen LogP contribution in [0.25, 0.3) is 0 Å². The van der Waals surface area contributed by atoms with Crippen molar-refractivity contribution >= 4 is 34.9 Å². The van der Waals surface area contributed by atoms with Crippen molar-refractivity contribution in [3.8, 4) is 5.75 Å². The van der Waals surface area contributed by atoms with E-state index < -0.39 is 6.04 Å². The molecule has 0 radical (unpaired) electrons. The molecule has 0 saturated carbocycles. The molecule has 1 unspecified atom stereocenters. The van der Waals surface area contributed by atoms with E-state index in [0.29, 0.717) is 28.6 Å². The van der Waals surface area contributed by atoms with E-state index in [1.54, 1.807) is 11.0 Å². The summed E-state index contributed by atoms with van der Waals surface area (Å²) in [6.07, 6.45) is 4.66. The number of aliphatic hydroxyl groups excluding tert-OH is 1. The number of halogens is 2. The smallest absolute Gasteiger partial charge is 0.242 e. The minimum Gasteiger partial charge on any atom is -0.508 e. The number of benzene rings is 1. The summed E-state index contributed by atoms with van der Waals surface area (Å²) >= 11 is 12.7. The predicted octanol–water partition coefficient (Wildman–Crippen LogP) is 2.53. The third kappa shape index (κ3) is 3.09. The first kappa shape index (κ1) is 18.3. The summed E-state index contributed by atoms with van der Waals surface area (Å²) in [4.78, 5) is 24.8. The number of anilines is 1. The van der Waals surface area contributed by atoms with Crippen LogP contribution in [0, 0.1) is 0 Å². The van der Waals surface area contributed by atoms with Crippen LogP contribution in [-0.4, -0.2) is 50.1 Å². The Labute approximate surface area is 166 Å². The van der Waals surface area contributed by atoms with Gasteiger partial charge in [0.25, 0.3) is 0 Å². The zero-order valence-electron chi connectivity index (χ0n) is 14.3. The molecule has 2 atom stereocenters. The highest BCUT2D eigenvalue weighted by atomic mass is 35.5. The SMILES string of the molecule is O=C1CN(c2cnc(CO)cn2)C(c2c(O)ccc(Cl)c2Cl)[C@@H]2CCCN12. The van der Waals surface area contributed by atoms with Crippen LogP contribution in [-0.2, 0) is 11.4 Å². The van der Waals surface area contributed by atoms with Gasteiger partial charge in [0.1, 0.15) is 11.6 Å². The zero-order chi connectivity index (χ0) is 19.1. The van der Waals surface area contributed by atoms with Gasteiger partial charge in [-0.3, -0.25) is 9.78 Å². The molecule has 2 aromatic rings. The van der Waals surface area contributed by atoms with Crippen LogP contribution in [0.4, 0.5) is 5.82 Å². The Bertz CT molecular complexity index is 878. The van der Waals surface area contributed by atoms with Gasteiger partial charge in [0.15, 0.2) is 0 Å². The molecule has 7 nitrogen and oxygen atoms in total. The molecule has 1 aromatic heterocycles. The number of phenols is 1. The molecular weight excluding hydrogens is 391 g/mol. The first-order valence-electron chi connectivity index (χ1n) is 8.66. The number of aromatic nitrogens is 2. The molecule has 0 spiro atoms. The summed E-state index contributed by atoms with van der Waals surface area (Å²) < 4.78 is 0. The summed E-state index contributed by atoms with van der Waals surface area (Å²) in [5, 5.41) is 20.4. The summed E-state index contributed by atoms with van der Waals surface area (Å²) in [5.41, 5.74) is 0.923. The molecular formula is C18H18Cl2N4O3. The van der Waals surface area contributed by atoms with E-state index in [-0.39, 0.29) is 35.9 Å². The van der Waals surface area contributed by atoms with Gasteiger partial charge in [0.05, 0.1) is 53.4 Å². The molecule has 1 amide bonds. The van der Waals surface area contributed by atoms with Crippen molar-refractivity contribution in [2.75, 3.05) is 18.0 Å². The minimum atomic E-state index is -0.398. The average molecular weight is 409 g/mol. The Balaban J connectivity index is 1.85. The van der Waals surface area contributed by atoms with Crippen molar-refractivity contribution in [3.05, 3.63) is 45.8 Å². The number of hydrogen-bond donors (Lipinski definition) is 2. The van der Waals surface area contributed by atoms with Crippen molar-refractivity contribution in [1.29, 1.82) is 0 Å². The summed E-state index contributed by atoms with van der Waals surface area (Å²) in [5.74, 6) is 0.507. The van der Waals surface area contributed by atoms with Gasteiger partial charge < -0.3 is 20.0 Å². The maximum atomic E-state index is 12.7. The molecule has 2 aliphatic rings. The first-order chi connectivity index (χ1) is 13.0. The molecule has 27 heavy (non-hydrogen) atoms. The van der Waals surface area contributed by atoms with Crippen LogP contribution >= 0.6 is 23.2 Å². The van der Waals surface area contributed by atoms with Crippen LogP contribution < -0.4 is 4.90 Å². The van der Waals surface area contributed by atoms with Crippen LogP contribution in [0.2, 0.25) is 10.0 Å². The molecule has 9 heteroatoms. The van der Waals surface area contributed by atoms with E-state index in [0.717, 1.165) is 12.8 Å². The standard InChI is InChI=1S/C18H18Cl2N4O3/c19-11-3-4-13(26)16(17(11)20)18-12-2-1-5-23(12)15(27)8-24(18)14-7-21-10(9-25)6-22-14/h3-4,6-7,12,18,25-26H,1-2,5,8-9H2/t12-,18?/m0/s1. The fraction of sp³-hybridized carbons (Fsp3) is 0.389. The number of aromatic hydroxyl groups is 1. The first-order valence-corrected chi connectivity index (χ1v) is 9.41. The van der Waals surface area contributed by atoms with Gasteiger partial charge in [-0.1, -0.05) is 23.2 Å². The van der Waals surface area contributed by atoms with Gasteiger partial charge in [-0.25, -0.2) is 4.98 Å². The highest BCUT2D eigenvalue weighted by Gasteiger charge is 2.46. The van der Waals surface area contributed by atoms with Gasteiger partial charge in [0, 0.05) is 12.1 Å². The number of piperazine rings is 1. The highest BCUT2D eigenvalue weighted by molar-refractivity contribution is 6.42. The third-order valence-electron chi connectivity index (χ3n) is 5.18. The normalized spacial score (nSPS) is 22.3. The van der Waals surface area contributed by atoms with Gasteiger partial charge >= 0.3 is 0 Å². The van der Waals surface area contributed by atoms with Crippen LogP contribution in [0.1, 0.15) is 30.1 Å². The lowest BCUT2D eigenvalue weighted by molar-refractivity contribution is -0.133. The lowest BCUT2D eigenvalue weighted by Gasteiger charge is -2.45. The summed E-state index contributed by atoms with van der Waals surface area (Å²) in [6.45, 7) is 0.561. The Morgan fingerprint density at radius 3 is 2.70 bits per heavy atom. The number of nitrogens with zero attached hydrogens (tertiary/aromatic N) is 4. The topological polar surface area (TPSA) is 89.8 Å². The predicted molar refractivity (Wildman–Crippen MR) is 101 cm³/mol. The number of amides is 1. The molecule has 1 aromatic carbocycles. The number of carbonyl (C=O) groups excluding carboxylic acids is 1. The fourth-order valence-corrected chi connectivity index (χ4v) is 4.40. The fourth-order valence-electron chi connectivity index (χ4n) is 3.96. The van der Waals surface area contributed by atoms with Crippen molar-refractivity contribution in [2.45, 2.75) is 31.5 Å². The lowest BCUT2D eigenvalue weighted by atomic mass is 9.92. The van der Waals surface area contributed by atoms with Gasteiger partial charge in [0.2, 0.25) is 5.91 Å². The van der Waals surface area contributed by atoms with Gasteiger partial charge in [-0.15, -0.1) is 0 Å². The average Bonchev–Trinajstić information content (AvgIpc) is 3.17. The Morgan fingerprint density at radius 1 is 1.19 bits per heavy atom. The second kappa shape index (κ2) is 7.14. The van der Waals surface area contributed by atoms with Crippen LogP contribution in [0.5, 0.6) is 5.75 Å². The van der Waals surface area contributed by atoms with Crippen LogP contribution in [0.15, 0.2) is 24.5 Å². The quantitative estimate of drug-likeness (QED) is 0.810. The molecule has 4 rings (SSSR count). The maximum absolute atomic E-state index is 12.7. The van der Waals surface area contributed by atoms with E-state index in [2.05, 4.69) is 9.97 Å². The van der Waals surface area contributed by atoms with Crippen molar-refractivity contribution < 1.29 is 15.0 Å². The molecule has 142 valence electrons. The second-order valence-corrected chi connectivity index (χ2v) is 7.47. The Kier molecular flexibility index (Phi) is 4.84. The van der Waals surface area contributed by atoms with E-state index in [1.165, 1.54) is 18.5 Å². The van der Waals surface area contributed by atoms with Gasteiger partial charge in [-0.2, -0.15) is 0 Å². The molecule has 2 fully saturated rings. The van der Waals surface area contributed by atoms with Gasteiger partial charge in [-0.05, 0) is 25.0 Å². The molecule has 2 aliphatic heterocycles. The number of fused-ring (bicyclic) bond motifs is 1. The van der Waals surface area contributed by atoms with Crippen molar-refractivity contribution in [2.24, 2.45) is 0 Å². The highest BCUT2D eigenvalue weighted by Crippen LogP contribution is 2.46. The van der Waals surface area contributed by atoms with Crippen molar-refractivity contribution in [3.63, 3.8) is 0 Å². The summed E-state index contributed by atoms with van der Waals surface area (Å²) in [7, 11) is 0. The molecule has 0 aliphatic carbocycles. The monoisotopic (exact) mass is 408 g/mol. The Morgan fingerprint density at radius 2 is 2.00 bits per heavy atom. The number of aliphatic hydroxyl groups is 1. The maximum Gasteiger partial charge on any atom is 0.242 e. The largest absolute Gasteiger partial charge is 0.508 e.